The lowest BCUT2D eigenvalue weighted by Gasteiger charge is -2.40. The summed E-state index contributed by atoms with van der Waals surface area (Å²) in [6.07, 6.45) is -1.37. The number of hydrogen-bond donors (Lipinski definition) is 4. The molecule has 0 amide bonds. The Kier molecular flexibility index (Phi) is 3.27. The van der Waals surface area contributed by atoms with E-state index in [9.17, 15) is 20.1 Å². The molecule has 5 rings (SSSR count). The van der Waals surface area contributed by atoms with E-state index in [2.05, 4.69) is 5.32 Å². The Balaban J connectivity index is 1.94. The highest BCUT2D eigenvalue weighted by Crippen LogP contribution is 2.58. The van der Waals surface area contributed by atoms with Gasteiger partial charge in [0.15, 0.2) is 5.78 Å². The second-order valence-corrected chi connectivity index (χ2v) is 7.05. The van der Waals surface area contributed by atoms with E-state index in [1.165, 1.54) is 24.3 Å². The predicted molar refractivity (Wildman–Crippen MR) is 102 cm³/mol. The molecule has 0 saturated heterocycles. The van der Waals surface area contributed by atoms with E-state index in [1.807, 2.05) is 6.07 Å². The number of anilines is 1. The molecule has 4 N–H and O–H groups in total. The second kappa shape index (κ2) is 5.50. The van der Waals surface area contributed by atoms with Gasteiger partial charge in [0.05, 0.1) is 5.41 Å². The number of phenols is 2. The molecular weight excluding hydrogens is 358 g/mol. The van der Waals surface area contributed by atoms with Crippen LogP contribution in [0.1, 0.15) is 27.0 Å². The number of aliphatic hydroxyl groups excluding tert-OH is 1. The Morgan fingerprint density at radius 2 is 1.50 bits per heavy atom. The molecule has 0 saturated carbocycles. The van der Waals surface area contributed by atoms with Gasteiger partial charge in [-0.1, -0.05) is 12.1 Å². The van der Waals surface area contributed by atoms with Crippen molar-refractivity contribution in [2.45, 2.75) is 11.5 Å². The van der Waals surface area contributed by atoms with Gasteiger partial charge in [-0.05, 0) is 35.9 Å². The van der Waals surface area contributed by atoms with Crippen LogP contribution < -0.4 is 10.1 Å². The molecule has 1 atom stereocenters. The van der Waals surface area contributed by atoms with Crippen LogP contribution in [0, 0.1) is 0 Å². The third kappa shape index (κ3) is 1.92. The fraction of sp³-hybridized carbons (Fsp3) is 0.136. The molecule has 0 fully saturated rings. The lowest BCUT2D eigenvalue weighted by Crippen LogP contribution is -2.42. The van der Waals surface area contributed by atoms with Crippen LogP contribution >= 0.6 is 0 Å². The standard InChI is InChI=1S/C22H17NO5/c1-23-11-2-5-14-17(8-11)22(21(27)20(14)26)15-6-3-12(24)9-18(15)28-19-10-13(25)4-7-16(19)22/h2-10,21,23-25,27H,1H3. The first kappa shape index (κ1) is 16.6. The summed E-state index contributed by atoms with van der Waals surface area (Å²) in [5.74, 6) is 0.277. The molecule has 0 aromatic heterocycles. The van der Waals surface area contributed by atoms with Crippen molar-refractivity contribution in [2.24, 2.45) is 0 Å². The van der Waals surface area contributed by atoms with Gasteiger partial charge in [0, 0.05) is 41.6 Å². The van der Waals surface area contributed by atoms with Gasteiger partial charge < -0.3 is 25.4 Å². The molecule has 28 heavy (non-hydrogen) atoms. The zero-order chi connectivity index (χ0) is 19.6. The van der Waals surface area contributed by atoms with Crippen LogP contribution in [0.5, 0.6) is 23.0 Å². The number of ether oxygens (including phenoxy) is 1. The van der Waals surface area contributed by atoms with E-state index in [1.54, 1.807) is 31.3 Å². The third-order valence-corrected chi connectivity index (χ3v) is 5.66. The van der Waals surface area contributed by atoms with E-state index in [0.29, 0.717) is 33.8 Å². The summed E-state index contributed by atoms with van der Waals surface area (Å²) < 4.78 is 5.92. The lowest BCUT2D eigenvalue weighted by molar-refractivity contribution is 0.0681. The number of ketones is 1. The van der Waals surface area contributed by atoms with E-state index in [0.717, 1.165) is 5.69 Å². The molecule has 1 unspecified atom stereocenters. The monoisotopic (exact) mass is 375 g/mol. The molecule has 1 heterocycles. The molecular formula is C22H17NO5. The zero-order valence-electron chi connectivity index (χ0n) is 14.9. The minimum absolute atomic E-state index is 0.000477. The quantitative estimate of drug-likeness (QED) is 0.522. The average molecular weight is 375 g/mol. The highest BCUT2D eigenvalue weighted by Gasteiger charge is 2.57. The minimum Gasteiger partial charge on any atom is -0.508 e. The molecule has 1 aliphatic heterocycles. The van der Waals surface area contributed by atoms with Crippen molar-refractivity contribution in [2.75, 3.05) is 12.4 Å². The Morgan fingerprint density at radius 1 is 0.893 bits per heavy atom. The smallest absolute Gasteiger partial charge is 0.193 e. The number of carbonyl (C=O) groups excluding carboxylic acids is 1. The van der Waals surface area contributed by atoms with Gasteiger partial charge in [0.1, 0.15) is 29.1 Å². The molecule has 1 aliphatic carbocycles. The number of aromatic hydroxyl groups is 2. The van der Waals surface area contributed by atoms with Gasteiger partial charge >= 0.3 is 0 Å². The number of fused-ring (bicyclic) bond motifs is 6. The largest absolute Gasteiger partial charge is 0.508 e. The number of nitrogens with one attached hydrogen (secondary N) is 1. The number of rotatable bonds is 1. The summed E-state index contributed by atoms with van der Waals surface area (Å²) in [6, 6.07) is 14.6. The van der Waals surface area contributed by atoms with E-state index >= 15 is 0 Å². The van der Waals surface area contributed by atoms with Crippen molar-refractivity contribution in [3.63, 3.8) is 0 Å². The van der Waals surface area contributed by atoms with E-state index in [-0.39, 0.29) is 17.3 Å². The topological polar surface area (TPSA) is 99.0 Å². The summed E-state index contributed by atoms with van der Waals surface area (Å²) in [5.41, 5.74) is 1.84. The molecule has 6 heteroatoms. The van der Waals surface area contributed by atoms with Gasteiger partial charge in [-0.2, -0.15) is 0 Å². The van der Waals surface area contributed by atoms with Gasteiger partial charge in [0.2, 0.25) is 0 Å². The van der Waals surface area contributed by atoms with Crippen molar-refractivity contribution in [1.29, 1.82) is 0 Å². The zero-order valence-corrected chi connectivity index (χ0v) is 14.9. The van der Waals surface area contributed by atoms with Crippen molar-refractivity contribution in [1.82, 2.24) is 0 Å². The van der Waals surface area contributed by atoms with Crippen LogP contribution in [0.15, 0.2) is 54.6 Å². The number of Topliss-reactive ketones (excluding diaryl/α,β-unsaturated/α-hetero) is 1. The van der Waals surface area contributed by atoms with Gasteiger partial charge in [0.25, 0.3) is 0 Å². The maximum Gasteiger partial charge on any atom is 0.193 e. The first-order valence-corrected chi connectivity index (χ1v) is 8.86. The van der Waals surface area contributed by atoms with Crippen LogP contribution in [0.4, 0.5) is 5.69 Å². The Hall–Kier alpha value is -3.51. The van der Waals surface area contributed by atoms with Crippen LogP contribution in [0.25, 0.3) is 0 Å². The Morgan fingerprint density at radius 3 is 2.07 bits per heavy atom. The summed E-state index contributed by atoms with van der Waals surface area (Å²) >= 11 is 0. The molecule has 3 aromatic carbocycles. The maximum absolute atomic E-state index is 13.0. The molecule has 6 nitrogen and oxygen atoms in total. The van der Waals surface area contributed by atoms with Gasteiger partial charge in [-0.25, -0.2) is 0 Å². The fourth-order valence-electron chi connectivity index (χ4n) is 4.42. The molecule has 3 aromatic rings. The summed E-state index contributed by atoms with van der Waals surface area (Å²) in [5, 5.41) is 34.2. The molecule has 1 spiro atoms. The summed E-state index contributed by atoms with van der Waals surface area (Å²) in [6.45, 7) is 0. The van der Waals surface area contributed by atoms with Crippen molar-refractivity contribution < 1.29 is 24.9 Å². The highest BCUT2D eigenvalue weighted by atomic mass is 16.5. The number of aliphatic hydroxyl groups is 1. The number of carbonyl (C=O) groups is 1. The fourth-order valence-corrected chi connectivity index (χ4v) is 4.42. The van der Waals surface area contributed by atoms with Crippen LogP contribution in [-0.2, 0) is 5.41 Å². The highest BCUT2D eigenvalue weighted by molar-refractivity contribution is 6.08. The Bertz CT molecular complexity index is 1100. The molecule has 0 bridgehead atoms. The lowest BCUT2D eigenvalue weighted by atomic mass is 9.67. The average Bonchev–Trinajstić information content (AvgIpc) is 2.90. The molecule has 2 aliphatic rings. The SMILES string of the molecule is CNc1ccc2c(c1)C1(c3ccc(O)cc3Oc3cc(O)ccc31)C(O)C2=O. The van der Waals surface area contributed by atoms with Crippen LogP contribution in [-0.4, -0.2) is 34.3 Å². The number of benzene rings is 3. The summed E-state index contributed by atoms with van der Waals surface area (Å²) in [4.78, 5) is 13.0. The number of phenolic OH excluding ortho intramolecular Hbond substituents is 2. The maximum atomic E-state index is 13.0. The first-order chi connectivity index (χ1) is 13.5. The van der Waals surface area contributed by atoms with E-state index in [4.69, 9.17) is 4.74 Å². The van der Waals surface area contributed by atoms with E-state index < -0.39 is 11.5 Å². The molecule has 140 valence electrons. The van der Waals surface area contributed by atoms with Crippen molar-refractivity contribution in [3.8, 4) is 23.0 Å². The van der Waals surface area contributed by atoms with Crippen LogP contribution in [0.3, 0.4) is 0 Å². The van der Waals surface area contributed by atoms with Crippen molar-refractivity contribution >= 4 is 11.5 Å². The first-order valence-electron chi connectivity index (χ1n) is 8.86. The van der Waals surface area contributed by atoms with Crippen molar-refractivity contribution in [3.05, 3.63) is 76.9 Å². The number of hydrogen-bond acceptors (Lipinski definition) is 6. The van der Waals surface area contributed by atoms with Crippen LogP contribution in [0.2, 0.25) is 0 Å². The minimum atomic E-state index is -1.37. The second-order valence-electron chi connectivity index (χ2n) is 7.05. The van der Waals surface area contributed by atoms with Gasteiger partial charge in [-0.3, -0.25) is 4.79 Å². The molecule has 0 radical (unpaired) electrons. The predicted octanol–water partition coefficient (Wildman–Crippen LogP) is 3.14. The normalized spacial score (nSPS) is 18.2. The third-order valence-electron chi connectivity index (χ3n) is 5.66. The Labute approximate surface area is 160 Å². The summed E-state index contributed by atoms with van der Waals surface area (Å²) in [7, 11) is 1.78. The van der Waals surface area contributed by atoms with Gasteiger partial charge in [-0.15, -0.1) is 0 Å².